The van der Waals surface area contributed by atoms with Gasteiger partial charge in [0, 0.05) is 18.0 Å². The largest absolute Gasteiger partial charge is 0.373 e. The highest BCUT2D eigenvalue weighted by atomic mass is 16.5. The van der Waals surface area contributed by atoms with Gasteiger partial charge in [-0.15, -0.1) is 0 Å². The number of nitrogens with zero attached hydrogens (tertiary/aromatic N) is 2. The van der Waals surface area contributed by atoms with Gasteiger partial charge in [0.15, 0.2) is 5.82 Å². The lowest BCUT2D eigenvalue weighted by Crippen LogP contribution is -2.13. The molecule has 4 heteroatoms. The smallest absolute Gasteiger partial charge is 0.249 e. The van der Waals surface area contributed by atoms with Crippen LogP contribution in [0.25, 0.3) is 0 Å². The number of hydrogen-bond donors (Lipinski definition) is 1. The molecule has 0 amide bonds. The third-order valence-electron chi connectivity index (χ3n) is 4.83. The maximum absolute atomic E-state index is 5.54. The molecule has 4 nitrogen and oxygen atoms in total. The van der Waals surface area contributed by atoms with Gasteiger partial charge < -0.3 is 9.84 Å². The Morgan fingerprint density at radius 3 is 3.00 bits per heavy atom. The van der Waals surface area contributed by atoms with Crippen molar-refractivity contribution in [3.05, 3.63) is 41.5 Å². The number of anilines is 1. The van der Waals surface area contributed by atoms with Crippen LogP contribution in [-0.2, 0) is 6.42 Å². The molecule has 1 aromatic carbocycles. The predicted octanol–water partition coefficient (Wildman–Crippen LogP) is 4.07. The van der Waals surface area contributed by atoms with Gasteiger partial charge in [0.05, 0.1) is 0 Å². The topological polar surface area (TPSA) is 51.0 Å². The summed E-state index contributed by atoms with van der Waals surface area (Å²) in [5, 5.41) is 7.74. The Balaban J connectivity index is 1.51. The van der Waals surface area contributed by atoms with E-state index in [1.165, 1.54) is 36.9 Å². The minimum absolute atomic E-state index is 0.129. The summed E-state index contributed by atoms with van der Waals surface area (Å²) in [4.78, 5) is 4.69. The van der Waals surface area contributed by atoms with E-state index in [1.807, 2.05) is 0 Å². The fourth-order valence-electron chi connectivity index (χ4n) is 3.67. The number of fused-ring (bicyclic) bond motifs is 1. The van der Waals surface area contributed by atoms with Gasteiger partial charge in [0.2, 0.25) is 5.89 Å². The predicted molar refractivity (Wildman–Crippen MR) is 81.2 cm³/mol. The van der Waals surface area contributed by atoms with Crippen molar-refractivity contribution in [3.8, 4) is 0 Å². The van der Waals surface area contributed by atoms with Crippen molar-refractivity contribution in [1.29, 1.82) is 0 Å². The number of nitrogens with one attached hydrogen (secondary N) is 1. The molecule has 1 fully saturated rings. The van der Waals surface area contributed by atoms with Crippen molar-refractivity contribution < 1.29 is 4.52 Å². The summed E-state index contributed by atoms with van der Waals surface area (Å²) in [7, 11) is 0. The molecule has 1 aromatic heterocycles. The number of para-hydroxylation sites is 1. The lowest BCUT2D eigenvalue weighted by atomic mass is 9.82. The Bertz CT molecular complexity index is 611. The third-order valence-corrected chi connectivity index (χ3v) is 4.83. The lowest BCUT2D eigenvalue weighted by molar-refractivity contribution is 0.317. The average Bonchev–Trinajstić information content (AvgIpc) is 3.14. The zero-order chi connectivity index (χ0) is 14.2. The van der Waals surface area contributed by atoms with Crippen LogP contribution in [0.4, 0.5) is 5.69 Å². The van der Waals surface area contributed by atoms with E-state index >= 15 is 0 Å². The van der Waals surface area contributed by atoms with Gasteiger partial charge in [0.1, 0.15) is 6.04 Å². The summed E-state index contributed by atoms with van der Waals surface area (Å²) >= 11 is 0. The Labute approximate surface area is 124 Å². The van der Waals surface area contributed by atoms with E-state index in [0.717, 1.165) is 24.1 Å². The standard InChI is InChI=1S/C17H21N3O/c1-11-5-4-7-13(9-11)16-19-17(21-20-16)15-10-12-6-2-3-8-14(12)18-15/h2-3,6,8,11,13,15,18H,4-5,7,9-10H2,1H3. The van der Waals surface area contributed by atoms with Gasteiger partial charge in [-0.1, -0.05) is 43.1 Å². The van der Waals surface area contributed by atoms with Crippen molar-refractivity contribution in [2.24, 2.45) is 5.92 Å². The van der Waals surface area contributed by atoms with Crippen LogP contribution in [0.3, 0.4) is 0 Å². The number of hydrogen-bond acceptors (Lipinski definition) is 4. The fraction of sp³-hybridized carbons (Fsp3) is 0.529. The second-order valence-corrected chi connectivity index (χ2v) is 6.52. The zero-order valence-corrected chi connectivity index (χ0v) is 12.4. The molecule has 0 bridgehead atoms. The van der Waals surface area contributed by atoms with Crippen molar-refractivity contribution in [2.45, 2.75) is 51.0 Å². The highest BCUT2D eigenvalue weighted by Gasteiger charge is 2.29. The summed E-state index contributed by atoms with van der Waals surface area (Å²) in [6, 6.07) is 8.52. The molecular weight excluding hydrogens is 262 g/mol. The molecule has 1 N–H and O–H groups in total. The highest BCUT2D eigenvalue weighted by Crippen LogP contribution is 2.37. The maximum atomic E-state index is 5.54. The van der Waals surface area contributed by atoms with E-state index in [2.05, 4.69) is 41.7 Å². The Kier molecular flexibility index (Phi) is 3.17. The van der Waals surface area contributed by atoms with Crippen molar-refractivity contribution in [2.75, 3.05) is 5.32 Å². The first kappa shape index (κ1) is 12.9. The molecule has 2 aromatic rings. The first-order chi connectivity index (χ1) is 10.3. The molecule has 3 atom stereocenters. The molecule has 3 unspecified atom stereocenters. The maximum Gasteiger partial charge on any atom is 0.249 e. The van der Waals surface area contributed by atoms with Crippen LogP contribution in [-0.4, -0.2) is 10.1 Å². The third kappa shape index (κ3) is 2.43. The zero-order valence-electron chi connectivity index (χ0n) is 12.4. The second kappa shape index (κ2) is 5.17. The molecule has 2 heterocycles. The van der Waals surface area contributed by atoms with E-state index in [4.69, 9.17) is 9.51 Å². The molecule has 1 aliphatic heterocycles. The fourth-order valence-corrected chi connectivity index (χ4v) is 3.67. The van der Waals surface area contributed by atoms with Crippen LogP contribution in [0, 0.1) is 5.92 Å². The van der Waals surface area contributed by atoms with E-state index in [1.54, 1.807) is 0 Å². The lowest BCUT2D eigenvalue weighted by Gasteiger charge is -2.23. The molecule has 2 aliphatic rings. The minimum atomic E-state index is 0.129. The van der Waals surface area contributed by atoms with Gasteiger partial charge in [-0.3, -0.25) is 0 Å². The first-order valence-corrected chi connectivity index (χ1v) is 7.97. The molecule has 0 saturated heterocycles. The summed E-state index contributed by atoms with van der Waals surface area (Å²) < 4.78 is 5.54. The number of rotatable bonds is 2. The van der Waals surface area contributed by atoms with Gasteiger partial charge >= 0.3 is 0 Å². The number of benzene rings is 1. The first-order valence-electron chi connectivity index (χ1n) is 7.97. The molecule has 4 rings (SSSR count). The quantitative estimate of drug-likeness (QED) is 0.902. The second-order valence-electron chi connectivity index (χ2n) is 6.52. The van der Waals surface area contributed by atoms with Crippen LogP contribution in [0.15, 0.2) is 28.8 Å². The monoisotopic (exact) mass is 283 g/mol. The summed E-state index contributed by atoms with van der Waals surface area (Å²) in [6.45, 7) is 2.32. The Hall–Kier alpha value is -1.84. The van der Waals surface area contributed by atoms with Gasteiger partial charge in [-0.25, -0.2) is 0 Å². The Morgan fingerprint density at radius 2 is 2.14 bits per heavy atom. The van der Waals surface area contributed by atoms with Gasteiger partial charge in [-0.2, -0.15) is 4.98 Å². The summed E-state index contributed by atoms with van der Waals surface area (Å²) in [5.41, 5.74) is 2.52. The van der Waals surface area contributed by atoms with E-state index in [-0.39, 0.29) is 6.04 Å². The van der Waals surface area contributed by atoms with Crippen molar-refractivity contribution in [1.82, 2.24) is 10.1 Å². The molecule has 0 spiro atoms. The summed E-state index contributed by atoms with van der Waals surface area (Å²) in [6.07, 6.45) is 5.93. The molecule has 1 aliphatic carbocycles. The van der Waals surface area contributed by atoms with E-state index in [9.17, 15) is 0 Å². The molecule has 110 valence electrons. The van der Waals surface area contributed by atoms with E-state index in [0.29, 0.717) is 5.92 Å². The minimum Gasteiger partial charge on any atom is -0.373 e. The molecular formula is C17H21N3O. The van der Waals surface area contributed by atoms with Crippen LogP contribution in [0.5, 0.6) is 0 Å². The van der Waals surface area contributed by atoms with Crippen LogP contribution in [0.1, 0.15) is 61.8 Å². The van der Waals surface area contributed by atoms with Crippen LogP contribution >= 0.6 is 0 Å². The van der Waals surface area contributed by atoms with E-state index < -0.39 is 0 Å². The van der Waals surface area contributed by atoms with Crippen molar-refractivity contribution >= 4 is 5.69 Å². The SMILES string of the molecule is CC1CCCC(c2noc(C3Cc4ccccc4N3)n2)C1. The summed E-state index contributed by atoms with van der Waals surface area (Å²) in [5.74, 6) is 2.91. The van der Waals surface area contributed by atoms with Gasteiger partial charge in [-0.05, 0) is 30.4 Å². The normalized spacial score (nSPS) is 28.1. The number of aromatic nitrogens is 2. The average molecular weight is 283 g/mol. The van der Waals surface area contributed by atoms with Crippen molar-refractivity contribution in [3.63, 3.8) is 0 Å². The van der Waals surface area contributed by atoms with Gasteiger partial charge in [0.25, 0.3) is 0 Å². The molecule has 0 radical (unpaired) electrons. The van der Waals surface area contributed by atoms with Crippen LogP contribution < -0.4 is 5.32 Å². The Morgan fingerprint density at radius 1 is 1.24 bits per heavy atom. The molecule has 21 heavy (non-hydrogen) atoms. The highest BCUT2D eigenvalue weighted by molar-refractivity contribution is 5.56. The molecule has 1 saturated carbocycles. The van der Waals surface area contributed by atoms with Crippen LogP contribution in [0.2, 0.25) is 0 Å².